The Hall–Kier alpha value is -11.8. The zero-order valence-electron chi connectivity index (χ0n) is 64.1. The first kappa shape index (κ1) is 91.4. The molecule has 10 aromatic carbocycles. The minimum absolute atomic E-state index is 0.0550. The summed E-state index contributed by atoms with van der Waals surface area (Å²) in [6, 6.07) is 58.4. The summed E-state index contributed by atoms with van der Waals surface area (Å²) in [6.07, 6.45) is 7.58. The zero-order chi connectivity index (χ0) is 84.4. The number of carbonyl (C=O) groups is 5. The maximum Gasteiger partial charge on any atom is 0.338 e. The third kappa shape index (κ3) is 28.6. The highest BCUT2D eigenvalue weighted by Gasteiger charge is 2.22. The number of benzene rings is 10. The fourth-order valence-corrected chi connectivity index (χ4v) is 11.7. The molecule has 116 heavy (non-hydrogen) atoms. The Morgan fingerprint density at radius 1 is 0.457 bits per heavy atom. The molecule has 604 valence electrons. The van der Waals surface area contributed by atoms with Gasteiger partial charge in [-0.15, -0.1) is 27.6 Å². The van der Waals surface area contributed by atoms with Crippen molar-refractivity contribution in [3.8, 4) is 11.4 Å². The SMILES string of the molecule is C1CCNCC1.COC(=O)c1ccc(F)c([N+](=O)[O-])c1.COC(=O)c1ccc(Nc2cccc(Cl)c2)c(N)c1.COC(=O)c1ccc(Nc2cccc(Cl)c2)c([N+](=O)[O-])c1.COC(=O)c1ccc2c(c1)nnn2-c1cccc(Cl)c1.Nc1cccc(Cl)c1.O=C(c1ccc2c(c1)nnn2-c1cccc(Cl)c1)N1CCCCC1.[CH3][Al]([CH3])[CH3]. The number of rotatable bonds is 13. The lowest BCUT2D eigenvalue weighted by Crippen LogP contribution is -2.35. The van der Waals surface area contributed by atoms with Gasteiger partial charge in [-0.2, -0.15) is 4.39 Å². The number of methoxy groups -OCH3 is 4. The number of ether oxygens (including phenoxy) is 4. The van der Waals surface area contributed by atoms with Gasteiger partial charge in [0.25, 0.3) is 25.7 Å². The predicted octanol–water partition coefficient (Wildman–Crippen LogP) is 19.4. The van der Waals surface area contributed by atoms with Gasteiger partial charge >= 0.3 is 29.6 Å². The largest absolute Gasteiger partial charge is 0.465 e. The molecule has 2 aliphatic rings. The van der Waals surface area contributed by atoms with Crippen LogP contribution < -0.4 is 27.4 Å². The van der Waals surface area contributed by atoms with Crippen LogP contribution in [0.25, 0.3) is 33.4 Å². The molecule has 7 N–H and O–H groups in total. The molecule has 34 heteroatoms. The van der Waals surface area contributed by atoms with E-state index in [1.807, 2.05) is 77.7 Å². The number of anilines is 6. The summed E-state index contributed by atoms with van der Waals surface area (Å²) >= 11 is 29.2. The molecule has 0 atom stereocenters. The van der Waals surface area contributed by atoms with Crippen molar-refractivity contribution in [1.82, 2.24) is 40.2 Å². The number of hydrogen-bond donors (Lipinski definition) is 5. The number of likely N-dealkylation sites (tertiary alicyclic amines) is 1. The molecule has 14 rings (SSSR count). The standard InChI is InChI=1S/C18H17ClN4O.C14H10ClN3O2.C14H11ClN2O4.C14H13ClN2O2.C8H6FNO4.C6H6ClN.C5H11N.3CH3.Al/c19-14-5-4-6-15(12-14)23-17-8-7-13(11-16(17)20-21-23)18(24)22-9-2-1-3-10-22;1-20-14(19)9-5-6-13-12(7-9)16-17-18(13)11-4-2-3-10(15)8-11;1-21-14(18)9-5-6-12(13(7-9)17(19)20)16-11-4-2-3-10(15)8-11;1-19-14(18)9-5-6-13(12(16)7-9)17-11-4-2-3-10(15)8-11;1-14-8(11)5-2-3-6(9)7(4-5)10(12)13;7-5-2-1-3-6(8)4-5;1-2-4-6-5-3-1;;;;/h4-8,11-12H,1-3,9-10H2;2-8H,1H3;2-8,16H,1H3;2-8,17H,16H2,1H3;2-4H,1H3;1-4H,8H2;6H,1-5H2;3*1H3;. The molecule has 27 nitrogen and oxygen atoms in total. The van der Waals surface area contributed by atoms with Crippen LogP contribution in [0.1, 0.15) is 90.3 Å². The molecule has 0 saturated carbocycles. The van der Waals surface area contributed by atoms with Crippen molar-refractivity contribution in [3.05, 3.63) is 291 Å². The molecule has 0 unspecified atom stereocenters. The van der Waals surface area contributed by atoms with E-state index in [2.05, 4.69) is 72.9 Å². The van der Waals surface area contributed by atoms with Gasteiger partial charge in [0.15, 0.2) is 0 Å². The minimum atomic E-state index is -0.984. The van der Waals surface area contributed by atoms with Crippen molar-refractivity contribution >= 4 is 170 Å². The molecular weight excluding hydrogens is 1610 g/mol. The number of nitrogens with zero attached hydrogens (tertiary/aromatic N) is 9. The second-order valence-corrected chi connectivity index (χ2v) is 31.4. The summed E-state index contributed by atoms with van der Waals surface area (Å²) in [7, 11) is 5.02. The molecule has 2 saturated heterocycles. The molecule has 4 heterocycles. The van der Waals surface area contributed by atoms with E-state index in [9.17, 15) is 48.6 Å². The number of nitrogen functional groups attached to an aromatic ring is 2. The normalized spacial score (nSPS) is 11.6. The summed E-state index contributed by atoms with van der Waals surface area (Å²) < 4.78 is 34.4. The number of aromatic nitrogens is 6. The number of nitro benzene ring substituents is 2. The first-order valence-electron chi connectivity index (χ1n) is 35.8. The Labute approximate surface area is 697 Å². The lowest BCUT2D eigenvalue weighted by Gasteiger charge is -2.26. The molecule has 2 aliphatic heterocycles. The Kier molecular flexibility index (Phi) is 36.7. The number of fused-ring (bicyclic) bond motifs is 2. The third-order valence-electron chi connectivity index (χ3n) is 16.2. The van der Waals surface area contributed by atoms with E-state index >= 15 is 0 Å². The van der Waals surface area contributed by atoms with E-state index < -0.39 is 45.2 Å². The van der Waals surface area contributed by atoms with Gasteiger partial charge in [0.05, 0.1) is 94.3 Å². The smallest absolute Gasteiger partial charge is 0.338 e. The van der Waals surface area contributed by atoms with Gasteiger partial charge in [-0.25, -0.2) is 28.5 Å². The molecule has 0 aliphatic carbocycles. The maximum absolute atomic E-state index is 12.8. The van der Waals surface area contributed by atoms with Crippen LogP contribution in [0.5, 0.6) is 0 Å². The number of nitro groups is 2. The molecule has 2 fully saturated rings. The van der Waals surface area contributed by atoms with Crippen molar-refractivity contribution < 1.29 is 57.2 Å². The monoisotopic (exact) mass is 1690 g/mol. The number of hydrogen-bond acceptors (Lipinski definition) is 22. The predicted molar refractivity (Wildman–Crippen MR) is 455 cm³/mol. The molecule has 12 aromatic rings. The van der Waals surface area contributed by atoms with Crippen molar-refractivity contribution in [3.63, 3.8) is 0 Å². The molecule has 0 bridgehead atoms. The van der Waals surface area contributed by atoms with Gasteiger partial charge in [0, 0.05) is 73.0 Å². The minimum Gasteiger partial charge on any atom is -0.465 e. The van der Waals surface area contributed by atoms with Crippen LogP contribution in [0.15, 0.2) is 212 Å². The van der Waals surface area contributed by atoms with Crippen molar-refractivity contribution in [2.24, 2.45) is 0 Å². The lowest BCUT2D eigenvalue weighted by atomic mass is 10.1. The first-order chi connectivity index (χ1) is 55.6. The number of esters is 4. The van der Waals surface area contributed by atoms with Crippen LogP contribution >= 0.6 is 58.0 Å². The number of nitrogens with one attached hydrogen (secondary N) is 3. The second-order valence-electron chi connectivity index (χ2n) is 25.8. The van der Waals surface area contributed by atoms with Gasteiger partial charge in [0.1, 0.15) is 16.7 Å². The number of nitrogens with two attached hydrogens (primary N) is 2. The zero-order valence-corrected chi connectivity index (χ0v) is 69.0. The van der Waals surface area contributed by atoms with Crippen LogP contribution in [-0.4, -0.2) is 143 Å². The number of piperidine rings is 2. The van der Waals surface area contributed by atoms with Crippen molar-refractivity contribution in [2.45, 2.75) is 55.9 Å². The van der Waals surface area contributed by atoms with Gasteiger partial charge in [-0.3, -0.25) is 25.0 Å². The summed E-state index contributed by atoms with van der Waals surface area (Å²) in [6.45, 7) is 4.18. The lowest BCUT2D eigenvalue weighted by molar-refractivity contribution is -0.387. The average molecular weight is 1700 g/mol. The summed E-state index contributed by atoms with van der Waals surface area (Å²) in [5.74, 6) is 3.82. The van der Waals surface area contributed by atoms with E-state index in [1.165, 1.54) is 78.3 Å². The third-order valence-corrected chi connectivity index (χ3v) is 17.4. The quantitative estimate of drug-likeness (QED) is 0.0179. The second kappa shape index (κ2) is 46.5. The van der Waals surface area contributed by atoms with E-state index in [-0.39, 0.29) is 42.6 Å². The average Bonchev–Trinajstić information content (AvgIpc) is 1.64. The Morgan fingerprint density at radius 3 is 1.24 bits per heavy atom. The van der Waals surface area contributed by atoms with E-state index in [0.29, 0.717) is 75.6 Å². The Balaban J connectivity index is 0.000000191. The van der Waals surface area contributed by atoms with E-state index in [1.54, 1.807) is 112 Å². The van der Waals surface area contributed by atoms with Crippen molar-refractivity contribution in [2.75, 3.05) is 76.7 Å². The fourth-order valence-electron chi connectivity index (χ4n) is 10.7. The summed E-state index contributed by atoms with van der Waals surface area (Å²) in [5.41, 5.74) is 20.1. The van der Waals surface area contributed by atoms with Crippen LogP contribution in [0, 0.1) is 26.0 Å². The molecule has 0 radical (unpaired) electrons. The van der Waals surface area contributed by atoms with Gasteiger partial charge in [-0.05, 0) is 215 Å². The highest BCUT2D eigenvalue weighted by Crippen LogP contribution is 2.32. The van der Waals surface area contributed by atoms with E-state index in [4.69, 9.17) is 69.5 Å². The van der Waals surface area contributed by atoms with Gasteiger partial charge in [0.2, 0.25) is 5.82 Å². The maximum atomic E-state index is 12.8. The van der Waals surface area contributed by atoms with E-state index in [0.717, 1.165) is 79.3 Å². The highest BCUT2D eigenvalue weighted by molar-refractivity contribution is 6.54. The molecule has 2 aromatic heterocycles. The van der Waals surface area contributed by atoms with Gasteiger partial charge < -0.3 is 51.3 Å². The van der Waals surface area contributed by atoms with Crippen LogP contribution in [0.3, 0.4) is 0 Å². The molecular formula is C82H83AlCl5FN14O13. The van der Waals surface area contributed by atoms with Gasteiger partial charge in [-0.1, -0.05) is 105 Å². The summed E-state index contributed by atoms with van der Waals surface area (Å²) in [4.78, 5) is 79.7. The molecule has 1 amide bonds. The number of amides is 1. The number of carbonyl (C=O) groups excluding carboxylic acids is 5. The first-order valence-corrected chi connectivity index (χ1v) is 41.2. The number of halogens is 6. The Bertz CT molecular complexity index is 5330. The fraction of sp³-hybridized carbons (Fsp3) is 0.207. The van der Waals surface area contributed by atoms with Crippen molar-refractivity contribution in [1.29, 1.82) is 0 Å². The van der Waals surface area contributed by atoms with Crippen LogP contribution in [0.4, 0.5) is 49.9 Å². The van der Waals surface area contributed by atoms with Crippen LogP contribution in [0.2, 0.25) is 42.5 Å². The van der Waals surface area contributed by atoms with Crippen LogP contribution in [-0.2, 0) is 18.9 Å². The Morgan fingerprint density at radius 2 is 0.836 bits per heavy atom. The summed E-state index contributed by atoms with van der Waals surface area (Å²) in [5, 5.41) is 50.4. The topological polar surface area (TPSA) is 361 Å². The highest BCUT2D eigenvalue weighted by atomic mass is 35.5. The molecule has 0 spiro atoms.